The van der Waals surface area contributed by atoms with Gasteiger partial charge in [0, 0.05) is 44.8 Å². The molecule has 0 saturated carbocycles. The second-order valence-corrected chi connectivity index (χ2v) is 19.0. The lowest BCUT2D eigenvalue weighted by Crippen LogP contribution is -2.61. The van der Waals surface area contributed by atoms with Crippen molar-refractivity contribution >= 4 is 36.1 Å². The highest BCUT2D eigenvalue weighted by atomic mass is 16.4. The van der Waals surface area contributed by atoms with Crippen molar-refractivity contribution in [2.24, 2.45) is 22.2 Å². The summed E-state index contributed by atoms with van der Waals surface area (Å²) < 4.78 is 0. The first kappa shape index (κ1) is 53.5. The first-order valence-corrected chi connectivity index (χ1v) is 21.3. The highest BCUT2D eigenvalue weighted by molar-refractivity contribution is 6.38. The maximum absolute atomic E-state index is 13.3. The van der Waals surface area contributed by atoms with E-state index < -0.39 is 41.5 Å². The van der Waals surface area contributed by atoms with Crippen LogP contribution in [-0.2, 0) is 25.7 Å². The van der Waals surface area contributed by atoms with Gasteiger partial charge in [0.2, 0.25) is 18.1 Å². The fraction of sp³-hybridized carbons (Fsp3) is 0.689. The molecule has 0 aromatic heterocycles. The summed E-state index contributed by atoms with van der Waals surface area (Å²) in [4.78, 5) is 74.0. The molecular weight excluding hydrogens is 767 g/mol. The number of likely N-dealkylation sites (tertiary alicyclic amines) is 2. The third-order valence-electron chi connectivity index (χ3n) is 11.1. The molecule has 0 aliphatic carbocycles. The van der Waals surface area contributed by atoms with E-state index in [-0.39, 0.29) is 47.3 Å². The topological polar surface area (TPSA) is 210 Å². The Hall–Kier alpha value is -4.50. The lowest BCUT2D eigenvalue weighted by atomic mass is 9.80. The molecule has 0 spiro atoms. The van der Waals surface area contributed by atoms with Crippen LogP contribution in [0.4, 0.5) is 9.59 Å². The molecule has 6 unspecified atom stereocenters. The van der Waals surface area contributed by atoms with Gasteiger partial charge >= 0.3 is 12.1 Å². The summed E-state index contributed by atoms with van der Waals surface area (Å²) in [5.41, 5.74) is 0.498. The summed E-state index contributed by atoms with van der Waals surface area (Å²) in [7, 11) is 0. The molecule has 2 fully saturated rings. The number of Topliss-reactive ketones (excluding diaryl/α,β-unsaturated/α-hetero) is 1. The average Bonchev–Trinajstić information content (AvgIpc) is 3.60. The lowest BCUT2D eigenvalue weighted by molar-refractivity contribution is -0.139. The SMILES string of the molecule is C=CCNC(=O)C(=O)C(CC(C)CC)NC=O.CC1CCCN1C(=O)C(NC(=O)NC(CN1CCC(C)(C)CC1O)C(C)(C)C)C(C)(C)C.O=C(O)NCc1ccccc1. The molecule has 7 N–H and O–H groups in total. The lowest BCUT2D eigenvalue weighted by Gasteiger charge is -2.44. The predicted molar refractivity (Wildman–Crippen MR) is 236 cm³/mol. The van der Waals surface area contributed by atoms with Gasteiger partial charge in [0.15, 0.2) is 0 Å². The molecule has 6 atom stereocenters. The van der Waals surface area contributed by atoms with Crippen LogP contribution in [0.2, 0.25) is 0 Å². The van der Waals surface area contributed by atoms with E-state index in [4.69, 9.17) is 5.11 Å². The number of amides is 6. The molecule has 2 aliphatic rings. The summed E-state index contributed by atoms with van der Waals surface area (Å²) in [6.45, 7) is 28.8. The standard InChI is InChI=1S/C25H48N4O3.C12H20N2O3.C8H9NO2/c1-17-11-10-13-29(17)21(31)20(24(5,6)7)27-22(32)26-18(23(2,3)4)16-28-14-12-25(8,9)15-19(28)30;1-4-6-13-12(17)11(16)10(14-8-15)7-9(3)5-2;10-8(11)9-6-7-4-2-1-3-5-7/h17-20,30H,10-16H2,1-9H3,(H2,26,27,32);4,8-10H,1,5-7H2,2-3H3,(H,13,17)(H,14,15);1-5,9H,6H2,(H,10,11). The Morgan fingerprint density at radius 2 is 1.62 bits per heavy atom. The van der Waals surface area contributed by atoms with Crippen LogP contribution in [0.25, 0.3) is 0 Å². The zero-order valence-electron chi connectivity index (χ0n) is 38.2. The second kappa shape index (κ2) is 25.3. The molecule has 15 nitrogen and oxygen atoms in total. The molecule has 2 heterocycles. The van der Waals surface area contributed by atoms with E-state index in [9.17, 15) is 33.9 Å². The number of carbonyl (C=O) groups is 6. The smallest absolute Gasteiger partial charge is 0.404 e. The number of piperidine rings is 1. The molecular formula is C45H77N7O8. The molecule has 15 heteroatoms. The van der Waals surface area contributed by atoms with Crippen molar-refractivity contribution in [2.75, 3.05) is 26.2 Å². The monoisotopic (exact) mass is 844 g/mol. The van der Waals surface area contributed by atoms with Gasteiger partial charge in [-0.2, -0.15) is 0 Å². The number of nitrogens with zero attached hydrogens (tertiary/aromatic N) is 2. The molecule has 1 aromatic rings. The number of hydrogen-bond donors (Lipinski definition) is 7. The maximum atomic E-state index is 13.3. The minimum absolute atomic E-state index is 0.00126. The van der Waals surface area contributed by atoms with Crippen molar-refractivity contribution in [3.63, 3.8) is 0 Å². The normalized spacial score (nSPS) is 19.6. The summed E-state index contributed by atoms with van der Waals surface area (Å²) >= 11 is 0. The molecule has 1 aromatic carbocycles. The van der Waals surface area contributed by atoms with Crippen LogP contribution in [0.1, 0.15) is 120 Å². The van der Waals surface area contributed by atoms with Crippen LogP contribution in [0.5, 0.6) is 0 Å². The van der Waals surface area contributed by atoms with Crippen molar-refractivity contribution in [1.82, 2.24) is 36.4 Å². The highest BCUT2D eigenvalue weighted by Gasteiger charge is 2.40. The highest BCUT2D eigenvalue weighted by Crippen LogP contribution is 2.34. The number of ketones is 1. The summed E-state index contributed by atoms with van der Waals surface area (Å²) in [6.07, 6.45) is 5.56. The van der Waals surface area contributed by atoms with Crippen LogP contribution in [-0.4, -0.2) is 113 Å². The number of hydrogen-bond acceptors (Lipinski definition) is 8. The van der Waals surface area contributed by atoms with Gasteiger partial charge < -0.3 is 41.7 Å². The Morgan fingerprint density at radius 3 is 2.10 bits per heavy atom. The predicted octanol–water partition coefficient (Wildman–Crippen LogP) is 5.43. The minimum atomic E-state index is -0.992. The van der Waals surface area contributed by atoms with Crippen LogP contribution in [0.15, 0.2) is 43.0 Å². The number of aliphatic hydroxyl groups excluding tert-OH is 1. The molecule has 2 saturated heterocycles. The Kier molecular flexibility index (Phi) is 22.6. The molecule has 2 aliphatic heterocycles. The van der Waals surface area contributed by atoms with Crippen molar-refractivity contribution in [2.45, 2.75) is 152 Å². The number of aliphatic hydroxyl groups is 1. The molecule has 0 bridgehead atoms. The average molecular weight is 844 g/mol. The summed E-state index contributed by atoms with van der Waals surface area (Å²) in [5.74, 6) is -1.03. The van der Waals surface area contributed by atoms with Crippen molar-refractivity contribution in [1.29, 1.82) is 0 Å². The van der Waals surface area contributed by atoms with E-state index in [2.05, 4.69) is 79.6 Å². The van der Waals surface area contributed by atoms with Crippen LogP contribution in [0.3, 0.4) is 0 Å². The zero-order chi connectivity index (χ0) is 45.8. The van der Waals surface area contributed by atoms with Gasteiger partial charge in [-0.3, -0.25) is 24.1 Å². The first-order chi connectivity index (χ1) is 27.9. The number of rotatable bonds is 16. The van der Waals surface area contributed by atoms with Gasteiger partial charge in [0.05, 0.1) is 6.04 Å². The van der Waals surface area contributed by atoms with E-state index in [0.29, 0.717) is 25.9 Å². The molecule has 0 radical (unpaired) electrons. The first-order valence-electron chi connectivity index (χ1n) is 21.3. The van der Waals surface area contributed by atoms with Crippen LogP contribution >= 0.6 is 0 Å². The Balaban J connectivity index is 0.000000533. The Labute approximate surface area is 359 Å². The fourth-order valence-corrected chi connectivity index (χ4v) is 6.80. The van der Waals surface area contributed by atoms with E-state index in [1.165, 1.54) is 6.08 Å². The fourth-order valence-electron chi connectivity index (χ4n) is 6.80. The zero-order valence-corrected chi connectivity index (χ0v) is 38.2. The van der Waals surface area contributed by atoms with Gasteiger partial charge in [0.25, 0.3) is 5.91 Å². The van der Waals surface area contributed by atoms with Crippen LogP contribution < -0.4 is 26.6 Å². The number of carboxylic acid groups (broad SMARTS) is 1. The van der Waals surface area contributed by atoms with Crippen LogP contribution in [0, 0.1) is 22.2 Å². The number of benzene rings is 1. The van der Waals surface area contributed by atoms with E-state index >= 15 is 0 Å². The summed E-state index contributed by atoms with van der Waals surface area (Å²) in [5, 5.41) is 32.1. The molecule has 6 amide bonds. The minimum Gasteiger partial charge on any atom is -0.465 e. The number of urea groups is 1. The van der Waals surface area contributed by atoms with Gasteiger partial charge in [0.1, 0.15) is 12.3 Å². The molecule has 340 valence electrons. The second-order valence-electron chi connectivity index (χ2n) is 19.0. The van der Waals surface area contributed by atoms with Gasteiger partial charge in [-0.25, -0.2) is 9.59 Å². The Bertz CT molecular complexity index is 1530. The Morgan fingerprint density at radius 1 is 0.983 bits per heavy atom. The van der Waals surface area contributed by atoms with E-state index in [1.54, 1.807) is 0 Å². The van der Waals surface area contributed by atoms with E-state index in [1.807, 2.05) is 69.9 Å². The van der Waals surface area contributed by atoms with Crippen molar-refractivity contribution in [3.8, 4) is 0 Å². The molecule has 60 heavy (non-hydrogen) atoms. The summed E-state index contributed by atoms with van der Waals surface area (Å²) in [6, 6.07) is 7.77. The van der Waals surface area contributed by atoms with E-state index in [0.717, 1.165) is 50.8 Å². The van der Waals surface area contributed by atoms with Crippen molar-refractivity contribution < 1.29 is 39.0 Å². The third-order valence-corrected chi connectivity index (χ3v) is 11.1. The quantitative estimate of drug-likeness (QED) is 0.0642. The van der Waals surface area contributed by atoms with Crippen molar-refractivity contribution in [3.05, 3.63) is 48.6 Å². The third kappa shape index (κ3) is 19.7. The molecule has 3 rings (SSSR count). The number of nitrogens with one attached hydrogen (secondary N) is 5. The van der Waals surface area contributed by atoms with Gasteiger partial charge in [-0.05, 0) is 66.8 Å². The number of carbonyl (C=O) groups excluding carboxylic acids is 5. The largest absolute Gasteiger partial charge is 0.465 e. The van der Waals surface area contributed by atoms with Gasteiger partial charge in [-0.1, -0.05) is 112 Å². The maximum Gasteiger partial charge on any atom is 0.404 e. The van der Waals surface area contributed by atoms with Gasteiger partial charge in [-0.15, -0.1) is 6.58 Å².